The molecule has 0 amide bonds. The normalized spacial score (nSPS) is 16.7. The molecule has 0 fully saturated rings. The Balaban J connectivity index is 2.00. The number of aliphatic hydroxyl groups is 1. The van der Waals surface area contributed by atoms with E-state index in [1.807, 2.05) is 0 Å². The molecule has 0 saturated carbocycles. The van der Waals surface area contributed by atoms with Crippen LogP contribution in [0.25, 0.3) is 5.57 Å². The average Bonchev–Trinajstić information content (AvgIpc) is 2.55. The van der Waals surface area contributed by atoms with Crippen LogP contribution in [0.2, 0.25) is 0 Å². The van der Waals surface area contributed by atoms with Crippen LogP contribution in [0, 0.1) is 0 Å². The third kappa shape index (κ3) is 4.43. The summed E-state index contributed by atoms with van der Waals surface area (Å²) in [7, 11) is 0. The van der Waals surface area contributed by atoms with E-state index < -0.39 is 0 Å². The Kier molecular flexibility index (Phi) is 5.73. The third-order valence-electron chi connectivity index (χ3n) is 3.87. The van der Waals surface area contributed by atoms with E-state index in [0.717, 1.165) is 24.7 Å². The first kappa shape index (κ1) is 16.2. The van der Waals surface area contributed by atoms with Gasteiger partial charge in [-0.05, 0) is 42.9 Å². The van der Waals surface area contributed by atoms with Crippen LogP contribution in [0.15, 0.2) is 54.8 Å². The van der Waals surface area contributed by atoms with Crippen molar-refractivity contribution in [2.45, 2.75) is 38.3 Å². The van der Waals surface area contributed by atoms with Gasteiger partial charge in [0.15, 0.2) is 0 Å². The van der Waals surface area contributed by atoms with Gasteiger partial charge in [-0.3, -0.25) is 5.32 Å². The fraction of sp³-hybridized carbons (Fsp3) is 0.316. The summed E-state index contributed by atoms with van der Waals surface area (Å²) in [5, 5.41) is 12.4. The predicted octanol–water partition coefficient (Wildman–Crippen LogP) is 3.58. The van der Waals surface area contributed by atoms with Crippen molar-refractivity contribution in [3.8, 4) is 0 Å². The zero-order valence-electron chi connectivity index (χ0n) is 13.0. The molecule has 1 aliphatic carbocycles. The zero-order chi connectivity index (χ0) is 15.9. The molecule has 0 saturated heterocycles. The van der Waals surface area contributed by atoms with Gasteiger partial charge in [-0.1, -0.05) is 49.1 Å². The van der Waals surface area contributed by atoms with Crippen LogP contribution >= 0.6 is 0 Å². The van der Waals surface area contributed by atoms with E-state index in [4.69, 9.17) is 0 Å². The number of aldehydes is 1. The quantitative estimate of drug-likeness (QED) is 0.597. The first-order valence-corrected chi connectivity index (χ1v) is 7.65. The van der Waals surface area contributed by atoms with Gasteiger partial charge in [-0.15, -0.1) is 0 Å². The number of nitrogens with one attached hydrogen (secondary N) is 1. The van der Waals surface area contributed by atoms with Gasteiger partial charge < -0.3 is 9.90 Å². The van der Waals surface area contributed by atoms with Crippen LogP contribution in [-0.4, -0.2) is 23.5 Å². The number of hydrogen-bond donors (Lipinski definition) is 2. The molecule has 1 aromatic rings. The van der Waals surface area contributed by atoms with Gasteiger partial charge in [-0.25, -0.2) is 0 Å². The van der Waals surface area contributed by atoms with Crippen LogP contribution in [0.1, 0.15) is 30.9 Å². The van der Waals surface area contributed by atoms with E-state index >= 15 is 0 Å². The molecule has 2 rings (SSSR count). The molecule has 1 aliphatic rings. The summed E-state index contributed by atoms with van der Waals surface area (Å²) in [6.45, 7) is 5.26. The van der Waals surface area contributed by atoms with Crippen molar-refractivity contribution < 1.29 is 9.90 Å². The van der Waals surface area contributed by atoms with Crippen molar-refractivity contribution in [1.82, 2.24) is 5.32 Å². The lowest BCUT2D eigenvalue weighted by molar-refractivity contribution is -0.109. The molecule has 1 unspecified atom stereocenters. The molecule has 0 bridgehead atoms. The monoisotopic (exact) mass is 297 g/mol. The Hall–Kier alpha value is -2.13. The van der Waals surface area contributed by atoms with Crippen LogP contribution in [0.3, 0.4) is 0 Å². The standard InChI is InChI=1S/C19H23NO2/c1-14(15(2)22)20-19(13-21)12-16-8-10-18(11-9-16)17-6-4-3-5-7-17/h4,6-11,13-14,19-20,22H,2-3,5,12H2,1H3/t14-,19?/m0/s1. The Morgan fingerprint density at radius 2 is 2.09 bits per heavy atom. The Labute approximate surface area is 132 Å². The predicted molar refractivity (Wildman–Crippen MR) is 90.7 cm³/mol. The van der Waals surface area contributed by atoms with Gasteiger partial charge >= 0.3 is 0 Å². The first-order chi connectivity index (χ1) is 10.6. The summed E-state index contributed by atoms with van der Waals surface area (Å²) in [5.41, 5.74) is 3.55. The second-order valence-corrected chi connectivity index (χ2v) is 5.66. The fourth-order valence-corrected chi connectivity index (χ4v) is 2.48. The number of benzene rings is 1. The molecule has 3 heteroatoms. The van der Waals surface area contributed by atoms with Crippen LogP contribution in [0.5, 0.6) is 0 Å². The lowest BCUT2D eigenvalue weighted by Gasteiger charge is -2.18. The highest BCUT2D eigenvalue weighted by Crippen LogP contribution is 2.21. The van der Waals surface area contributed by atoms with Crippen molar-refractivity contribution in [3.63, 3.8) is 0 Å². The number of rotatable bonds is 7. The molecule has 3 nitrogen and oxygen atoms in total. The average molecular weight is 297 g/mol. The van der Waals surface area contributed by atoms with Crippen molar-refractivity contribution in [3.05, 3.63) is 66.0 Å². The van der Waals surface area contributed by atoms with E-state index in [2.05, 4.69) is 54.4 Å². The fourth-order valence-electron chi connectivity index (χ4n) is 2.48. The minimum Gasteiger partial charge on any atom is -0.511 e. The summed E-state index contributed by atoms with van der Waals surface area (Å²) in [5.74, 6) is 0.0400. The van der Waals surface area contributed by atoms with Gasteiger partial charge in [0.2, 0.25) is 0 Å². The topological polar surface area (TPSA) is 49.3 Å². The molecular formula is C19H23NO2. The molecule has 0 aromatic heterocycles. The largest absolute Gasteiger partial charge is 0.511 e. The van der Waals surface area contributed by atoms with Crippen LogP contribution in [-0.2, 0) is 11.2 Å². The minimum absolute atomic E-state index is 0.0400. The molecule has 2 atom stereocenters. The number of carbonyl (C=O) groups excluding carboxylic acids is 1. The highest BCUT2D eigenvalue weighted by atomic mass is 16.3. The van der Waals surface area contributed by atoms with Gasteiger partial charge in [0.1, 0.15) is 12.0 Å². The van der Waals surface area contributed by atoms with Crippen molar-refractivity contribution >= 4 is 11.9 Å². The molecule has 1 aromatic carbocycles. The Bertz CT molecular complexity index is 584. The Morgan fingerprint density at radius 3 is 2.64 bits per heavy atom. The number of aliphatic hydroxyl groups excluding tert-OH is 1. The number of carbonyl (C=O) groups is 1. The molecular weight excluding hydrogens is 274 g/mol. The molecule has 0 heterocycles. The maximum atomic E-state index is 11.2. The van der Waals surface area contributed by atoms with E-state index in [-0.39, 0.29) is 17.8 Å². The SMILES string of the molecule is C=C(O)[C@H](C)NC(C=O)Cc1ccc(C2=CCCC=C2)cc1. The summed E-state index contributed by atoms with van der Waals surface area (Å²) in [6.07, 6.45) is 10.3. The minimum atomic E-state index is -0.335. The zero-order valence-corrected chi connectivity index (χ0v) is 13.0. The number of hydrogen-bond acceptors (Lipinski definition) is 3. The molecule has 22 heavy (non-hydrogen) atoms. The third-order valence-corrected chi connectivity index (χ3v) is 3.87. The lowest BCUT2D eigenvalue weighted by atomic mass is 9.97. The van der Waals surface area contributed by atoms with Gasteiger partial charge in [0.05, 0.1) is 12.1 Å². The molecule has 0 aliphatic heterocycles. The van der Waals surface area contributed by atoms with E-state index in [1.165, 1.54) is 11.1 Å². The maximum Gasteiger partial charge on any atom is 0.137 e. The highest BCUT2D eigenvalue weighted by molar-refractivity contribution is 5.74. The smallest absolute Gasteiger partial charge is 0.137 e. The van der Waals surface area contributed by atoms with Crippen LogP contribution < -0.4 is 5.32 Å². The van der Waals surface area contributed by atoms with Crippen molar-refractivity contribution in [2.75, 3.05) is 0 Å². The van der Waals surface area contributed by atoms with Crippen molar-refractivity contribution in [1.29, 1.82) is 0 Å². The summed E-state index contributed by atoms with van der Waals surface area (Å²) in [6, 6.07) is 7.65. The molecule has 2 N–H and O–H groups in total. The second kappa shape index (κ2) is 7.76. The maximum absolute atomic E-state index is 11.2. The highest BCUT2D eigenvalue weighted by Gasteiger charge is 2.13. The van der Waals surface area contributed by atoms with Gasteiger partial charge in [-0.2, -0.15) is 0 Å². The molecule has 116 valence electrons. The van der Waals surface area contributed by atoms with Crippen molar-refractivity contribution in [2.24, 2.45) is 0 Å². The Morgan fingerprint density at radius 1 is 1.36 bits per heavy atom. The summed E-state index contributed by atoms with van der Waals surface area (Å²) >= 11 is 0. The second-order valence-electron chi connectivity index (χ2n) is 5.66. The van der Waals surface area contributed by atoms with E-state index in [1.54, 1.807) is 6.92 Å². The summed E-state index contributed by atoms with van der Waals surface area (Å²) < 4.78 is 0. The van der Waals surface area contributed by atoms with Crippen LogP contribution in [0.4, 0.5) is 0 Å². The lowest BCUT2D eigenvalue weighted by Crippen LogP contribution is -2.39. The van der Waals surface area contributed by atoms with E-state index in [9.17, 15) is 9.90 Å². The first-order valence-electron chi connectivity index (χ1n) is 7.65. The number of allylic oxidation sites excluding steroid dienone is 4. The summed E-state index contributed by atoms with van der Waals surface area (Å²) in [4.78, 5) is 11.2. The molecule has 0 radical (unpaired) electrons. The van der Waals surface area contributed by atoms with E-state index in [0.29, 0.717) is 6.42 Å². The van der Waals surface area contributed by atoms with Gasteiger partial charge in [0.25, 0.3) is 0 Å². The van der Waals surface area contributed by atoms with Gasteiger partial charge in [0, 0.05) is 0 Å². The molecule has 0 spiro atoms.